The number of aromatic hydroxyl groups is 1. The summed E-state index contributed by atoms with van der Waals surface area (Å²) in [5.74, 6) is 0.791. The number of fused-ring (bicyclic) bond motifs is 1. The van der Waals surface area contributed by atoms with Crippen molar-refractivity contribution in [1.82, 2.24) is 5.32 Å². The lowest BCUT2D eigenvalue weighted by Crippen LogP contribution is -2.43. The van der Waals surface area contributed by atoms with E-state index in [0.29, 0.717) is 17.7 Å². The number of hydrogen-bond acceptors (Lipinski definition) is 3. The van der Waals surface area contributed by atoms with Crippen molar-refractivity contribution in [2.24, 2.45) is 0 Å². The molecule has 0 saturated carbocycles. The van der Waals surface area contributed by atoms with Crippen LogP contribution in [0.3, 0.4) is 0 Å². The highest BCUT2D eigenvalue weighted by Gasteiger charge is 2.24. The third-order valence-corrected chi connectivity index (χ3v) is 3.32. The molecule has 4 heteroatoms. The molecule has 1 amide bonds. The number of rotatable bonds is 3. The number of benzene rings is 2. The van der Waals surface area contributed by atoms with E-state index >= 15 is 0 Å². The summed E-state index contributed by atoms with van der Waals surface area (Å²) in [4.78, 5) is 11.9. The van der Waals surface area contributed by atoms with Gasteiger partial charge in [0.1, 0.15) is 11.5 Å². The molecule has 1 atom stereocenters. The smallest absolute Gasteiger partial charge is 0.257 e. The number of phenolic OH excluding ortho intramolecular Hbond substituents is 1. The largest absolute Gasteiger partial charge is 0.508 e. The lowest BCUT2D eigenvalue weighted by atomic mass is 10.1. The summed E-state index contributed by atoms with van der Waals surface area (Å²) in [6, 6.07) is 14.3. The summed E-state index contributed by atoms with van der Waals surface area (Å²) in [7, 11) is 0. The fourth-order valence-corrected chi connectivity index (χ4v) is 2.26. The molecule has 0 spiro atoms. The first kappa shape index (κ1) is 12.5. The molecule has 0 fully saturated rings. The highest BCUT2D eigenvalue weighted by Crippen LogP contribution is 2.24. The Balaban J connectivity index is 1.65. The molecule has 0 bridgehead atoms. The molecular formula is C16H15NO3. The number of amides is 1. The Hall–Kier alpha value is -2.49. The Bertz CT molecular complexity index is 622. The van der Waals surface area contributed by atoms with Gasteiger partial charge in [-0.2, -0.15) is 0 Å². The minimum atomic E-state index is -0.314. The van der Waals surface area contributed by atoms with Crippen molar-refractivity contribution in [3.05, 3.63) is 59.7 Å². The Morgan fingerprint density at radius 2 is 1.85 bits per heavy atom. The fraction of sp³-hybridized carbons (Fsp3) is 0.188. The van der Waals surface area contributed by atoms with Gasteiger partial charge in [0.05, 0.1) is 5.56 Å². The van der Waals surface area contributed by atoms with E-state index in [1.54, 1.807) is 18.2 Å². The third kappa shape index (κ3) is 2.59. The van der Waals surface area contributed by atoms with Crippen molar-refractivity contribution in [3.8, 4) is 11.5 Å². The second kappa shape index (κ2) is 5.25. The van der Waals surface area contributed by atoms with Crippen LogP contribution in [0.2, 0.25) is 0 Å². The molecule has 0 aliphatic carbocycles. The summed E-state index contributed by atoms with van der Waals surface area (Å²) < 4.78 is 5.77. The zero-order chi connectivity index (χ0) is 13.9. The van der Waals surface area contributed by atoms with Crippen molar-refractivity contribution >= 4 is 5.91 Å². The number of para-hydroxylation sites is 1. The van der Waals surface area contributed by atoms with Crippen LogP contribution >= 0.6 is 0 Å². The van der Waals surface area contributed by atoms with Gasteiger partial charge < -0.3 is 15.2 Å². The number of hydrogen-bond donors (Lipinski definition) is 2. The van der Waals surface area contributed by atoms with Gasteiger partial charge in [0.2, 0.25) is 0 Å². The molecule has 3 rings (SSSR count). The molecule has 102 valence electrons. The summed E-state index contributed by atoms with van der Waals surface area (Å²) in [5, 5.41) is 12.1. The van der Waals surface area contributed by atoms with Crippen LogP contribution in [-0.4, -0.2) is 17.2 Å². The van der Waals surface area contributed by atoms with Gasteiger partial charge in [-0.1, -0.05) is 24.3 Å². The van der Waals surface area contributed by atoms with Crippen LogP contribution in [0.15, 0.2) is 48.5 Å². The second-order valence-electron chi connectivity index (χ2n) is 4.78. The van der Waals surface area contributed by atoms with Crippen LogP contribution in [0.5, 0.6) is 11.5 Å². The van der Waals surface area contributed by atoms with E-state index in [4.69, 9.17) is 4.74 Å². The number of carbonyl (C=O) groups is 1. The predicted octanol–water partition coefficient (Wildman–Crippen LogP) is 2.47. The van der Waals surface area contributed by atoms with Gasteiger partial charge in [0, 0.05) is 6.42 Å². The van der Waals surface area contributed by atoms with Crippen molar-refractivity contribution in [1.29, 1.82) is 0 Å². The van der Waals surface area contributed by atoms with Crippen LogP contribution < -0.4 is 10.1 Å². The molecule has 20 heavy (non-hydrogen) atoms. The van der Waals surface area contributed by atoms with Crippen LogP contribution in [0, 0.1) is 0 Å². The van der Waals surface area contributed by atoms with Gasteiger partial charge in [-0.3, -0.25) is 4.79 Å². The quantitative estimate of drug-likeness (QED) is 0.900. The first-order valence-corrected chi connectivity index (χ1v) is 6.57. The standard InChI is InChI=1S/C16H15NO3/c18-12-8-5-11(6-9-12)7-10-15-17-16(19)13-3-1-2-4-14(13)20-15/h1-6,8-9,15,18H,7,10H2,(H,17,19). The lowest BCUT2D eigenvalue weighted by molar-refractivity contribution is 0.0741. The summed E-state index contributed by atoms with van der Waals surface area (Å²) in [6.45, 7) is 0. The number of carbonyl (C=O) groups excluding carboxylic acids is 1. The normalized spacial score (nSPS) is 17.0. The molecule has 0 saturated heterocycles. The monoisotopic (exact) mass is 269 g/mol. The number of phenols is 1. The first-order valence-electron chi connectivity index (χ1n) is 6.57. The SMILES string of the molecule is O=C1NC(CCc2ccc(O)cc2)Oc2ccccc21. The van der Waals surface area contributed by atoms with Crippen molar-refractivity contribution in [2.45, 2.75) is 19.1 Å². The Morgan fingerprint density at radius 3 is 2.65 bits per heavy atom. The molecular weight excluding hydrogens is 254 g/mol. The van der Waals surface area contributed by atoms with Gasteiger partial charge in [-0.25, -0.2) is 0 Å². The van der Waals surface area contributed by atoms with Crippen molar-refractivity contribution < 1.29 is 14.6 Å². The second-order valence-corrected chi connectivity index (χ2v) is 4.78. The van der Waals surface area contributed by atoms with Gasteiger partial charge >= 0.3 is 0 Å². The molecule has 1 aliphatic heterocycles. The lowest BCUT2D eigenvalue weighted by Gasteiger charge is -2.26. The first-order chi connectivity index (χ1) is 9.72. The molecule has 4 nitrogen and oxygen atoms in total. The maximum atomic E-state index is 11.9. The van der Waals surface area contributed by atoms with Crippen LogP contribution in [0.4, 0.5) is 0 Å². The maximum Gasteiger partial charge on any atom is 0.257 e. The van der Waals surface area contributed by atoms with E-state index in [9.17, 15) is 9.90 Å². The molecule has 0 aromatic heterocycles. The number of aryl methyl sites for hydroxylation is 1. The van der Waals surface area contributed by atoms with Crippen LogP contribution in [0.1, 0.15) is 22.3 Å². The minimum Gasteiger partial charge on any atom is -0.508 e. The van der Waals surface area contributed by atoms with Gasteiger partial charge in [-0.05, 0) is 36.2 Å². The Morgan fingerprint density at radius 1 is 1.10 bits per heavy atom. The van der Waals surface area contributed by atoms with Crippen LogP contribution in [0.25, 0.3) is 0 Å². The Kier molecular flexibility index (Phi) is 3.29. The molecule has 1 heterocycles. The van der Waals surface area contributed by atoms with E-state index in [-0.39, 0.29) is 17.9 Å². The van der Waals surface area contributed by atoms with Crippen LogP contribution in [-0.2, 0) is 6.42 Å². The predicted molar refractivity (Wildman–Crippen MR) is 74.8 cm³/mol. The number of nitrogens with one attached hydrogen (secondary N) is 1. The zero-order valence-electron chi connectivity index (χ0n) is 10.9. The highest BCUT2D eigenvalue weighted by atomic mass is 16.5. The molecule has 1 unspecified atom stereocenters. The van der Waals surface area contributed by atoms with Crippen molar-refractivity contribution in [3.63, 3.8) is 0 Å². The molecule has 2 aromatic carbocycles. The fourth-order valence-electron chi connectivity index (χ4n) is 2.26. The Labute approximate surface area is 117 Å². The molecule has 2 N–H and O–H groups in total. The summed E-state index contributed by atoms with van der Waals surface area (Å²) in [6.07, 6.45) is 1.14. The summed E-state index contributed by atoms with van der Waals surface area (Å²) >= 11 is 0. The molecule has 0 radical (unpaired) electrons. The van der Waals surface area contributed by atoms with Gasteiger partial charge in [0.15, 0.2) is 6.23 Å². The van der Waals surface area contributed by atoms with E-state index in [1.807, 2.05) is 30.3 Å². The van der Waals surface area contributed by atoms with E-state index in [2.05, 4.69) is 5.32 Å². The van der Waals surface area contributed by atoms with E-state index in [1.165, 1.54) is 0 Å². The molecule has 1 aliphatic rings. The zero-order valence-corrected chi connectivity index (χ0v) is 10.9. The van der Waals surface area contributed by atoms with Crippen molar-refractivity contribution in [2.75, 3.05) is 0 Å². The average molecular weight is 269 g/mol. The third-order valence-electron chi connectivity index (χ3n) is 3.32. The summed E-state index contributed by atoms with van der Waals surface area (Å²) in [5.41, 5.74) is 1.67. The highest BCUT2D eigenvalue weighted by molar-refractivity contribution is 5.97. The minimum absolute atomic E-state index is 0.0949. The van der Waals surface area contributed by atoms with Gasteiger partial charge in [0.25, 0.3) is 5.91 Å². The van der Waals surface area contributed by atoms with E-state index in [0.717, 1.165) is 12.0 Å². The topological polar surface area (TPSA) is 58.6 Å². The van der Waals surface area contributed by atoms with E-state index < -0.39 is 0 Å². The average Bonchev–Trinajstić information content (AvgIpc) is 2.47. The van der Waals surface area contributed by atoms with Gasteiger partial charge in [-0.15, -0.1) is 0 Å². The number of ether oxygens (including phenoxy) is 1. The maximum absolute atomic E-state index is 11.9. The molecule has 2 aromatic rings.